The average molecular weight is 189 g/mol. The third-order valence-corrected chi connectivity index (χ3v) is 3.37. The summed E-state index contributed by atoms with van der Waals surface area (Å²) in [7, 11) is 0. The minimum atomic E-state index is 0.737. The highest BCUT2D eigenvalue weighted by Crippen LogP contribution is 2.30. The van der Waals surface area contributed by atoms with E-state index in [0.29, 0.717) is 0 Å². The van der Waals surface area contributed by atoms with E-state index in [9.17, 15) is 0 Å². The summed E-state index contributed by atoms with van der Waals surface area (Å²) in [6, 6.07) is 9.02. The number of nitrogens with one attached hydrogen (secondary N) is 1. The molecule has 0 radical (unpaired) electrons. The van der Waals surface area contributed by atoms with Gasteiger partial charge in [-0.1, -0.05) is 43.2 Å². The van der Waals surface area contributed by atoms with Gasteiger partial charge in [0.15, 0.2) is 0 Å². The van der Waals surface area contributed by atoms with E-state index in [1.165, 1.54) is 24.1 Å². The maximum atomic E-state index is 3.49. The van der Waals surface area contributed by atoms with Gasteiger partial charge in [0.2, 0.25) is 0 Å². The molecule has 1 N–H and O–H groups in total. The van der Waals surface area contributed by atoms with Crippen LogP contribution in [0.2, 0.25) is 0 Å². The van der Waals surface area contributed by atoms with Gasteiger partial charge in [0.05, 0.1) is 0 Å². The highest BCUT2D eigenvalue weighted by molar-refractivity contribution is 5.26. The van der Waals surface area contributed by atoms with E-state index >= 15 is 0 Å². The zero-order valence-corrected chi connectivity index (χ0v) is 9.09. The second-order valence-corrected chi connectivity index (χ2v) is 4.34. The highest BCUT2D eigenvalue weighted by Gasteiger charge is 2.26. The first-order valence-electron chi connectivity index (χ1n) is 5.58. The largest absolute Gasteiger partial charge is 0.316 e. The topological polar surface area (TPSA) is 12.0 Å². The average Bonchev–Trinajstić information content (AvgIpc) is 2.67. The van der Waals surface area contributed by atoms with Crippen molar-refractivity contribution in [1.82, 2.24) is 5.32 Å². The molecule has 2 rings (SSSR count). The molecule has 0 bridgehead atoms. The molecule has 14 heavy (non-hydrogen) atoms. The summed E-state index contributed by atoms with van der Waals surface area (Å²) >= 11 is 0. The Hall–Kier alpha value is -0.820. The lowest BCUT2D eigenvalue weighted by atomic mass is 9.87. The van der Waals surface area contributed by atoms with Crippen LogP contribution in [-0.2, 0) is 0 Å². The van der Waals surface area contributed by atoms with Crippen molar-refractivity contribution in [1.29, 1.82) is 0 Å². The predicted molar refractivity (Wildman–Crippen MR) is 60.6 cm³/mol. The molecule has 0 spiro atoms. The van der Waals surface area contributed by atoms with Crippen molar-refractivity contribution >= 4 is 0 Å². The normalized spacial score (nSPS) is 26.7. The van der Waals surface area contributed by atoms with Crippen molar-refractivity contribution in [3.8, 4) is 0 Å². The lowest BCUT2D eigenvalue weighted by molar-refractivity contribution is 0.503. The monoisotopic (exact) mass is 189 g/mol. The molecule has 76 valence electrons. The van der Waals surface area contributed by atoms with Gasteiger partial charge in [0.25, 0.3) is 0 Å². The number of hydrogen-bond donors (Lipinski definition) is 1. The van der Waals surface area contributed by atoms with Crippen LogP contribution in [0, 0.1) is 12.8 Å². The molecule has 1 aromatic rings. The lowest BCUT2D eigenvalue weighted by Crippen LogP contribution is -2.09. The zero-order chi connectivity index (χ0) is 9.97. The van der Waals surface area contributed by atoms with Gasteiger partial charge < -0.3 is 5.32 Å². The maximum Gasteiger partial charge on any atom is 0.00234 e. The van der Waals surface area contributed by atoms with Crippen LogP contribution < -0.4 is 5.32 Å². The van der Waals surface area contributed by atoms with Crippen LogP contribution in [0.25, 0.3) is 0 Å². The Kier molecular flexibility index (Phi) is 2.87. The molecular formula is C13H19N. The summed E-state index contributed by atoms with van der Waals surface area (Å²) < 4.78 is 0. The number of benzene rings is 1. The summed E-state index contributed by atoms with van der Waals surface area (Å²) in [5, 5.41) is 3.49. The number of hydrogen-bond acceptors (Lipinski definition) is 1. The molecule has 1 heteroatoms. The molecule has 1 saturated heterocycles. The SMILES string of the molecule is CC[C@H]1CNC[C@H]1c1ccc(C)cc1. The Bertz CT molecular complexity index is 289. The minimum Gasteiger partial charge on any atom is -0.316 e. The molecule has 0 saturated carbocycles. The Morgan fingerprint density at radius 1 is 1.21 bits per heavy atom. The third-order valence-electron chi connectivity index (χ3n) is 3.37. The molecule has 1 aliphatic rings. The predicted octanol–water partition coefficient (Wildman–Crippen LogP) is 2.71. The molecular weight excluding hydrogens is 170 g/mol. The van der Waals surface area contributed by atoms with Crippen LogP contribution in [0.3, 0.4) is 0 Å². The smallest absolute Gasteiger partial charge is 0.00234 e. The fraction of sp³-hybridized carbons (Fsp3) is 0.538. The summed E-state index contributed by atoms with van der Waals surface area (Å²) in [4.78, 5) is 0. The Morgan fingerprint density at radius 2 is 1.93 bits per heavy atom. The van der Waals surface area contributed by atoms with E-state index in [0.717, 1.165) is 18.4 Å². The maximum absolute atomic E-state index is 3.49. The van der Waals surface area contributed by atoms with Gasteiger partial charge in [-0.15, -0.1) is 0 Å². The fourth-order valence-electron chi connectivity index (χ4n) is 2.37. The molecule has 0 aliphatic carbocycles. The highest BCUT2D eigenvalue weighted by atomic mass is 14.9. The van der Waals surface area contributed by atoms with Crippen molar-refractivity contribution in [2.24, 2.45) is 5.92 Å². The van der Waals surface area contributed by atoms with Crippen molar-refractivity contribution < 1.29 is 0 Å². The first kappa shape index (κ1) is 9.72. The van der Waals surface area contributed by atoms with E-state index in [4.69, 9.17) is 0 Å². The molecule has 2 atom stereocenters. The number of rotatable bonds is 2. The molecule has 1 aromatic carbocycles. The third kappa shape index (κ3) is 1.83. The number of aryl methyl sites for hydroxylation is 1. The molecule has 0 unspecified atom stereocenters. The second-order valence-electron chi connectivity index (χ2n) is 4.34. The van der Waals surface area contributed by atoms with Crippen molar-refractivity contribution in [3.05, 3.63) is 35.4 Å². The van der Waals surface area contributed by atoms with Crippen molar-refractivity contribution in [2.45, 2.75) is 26.2 Å². The Balaban J connectivity index is 2.17. The zero-order valence-electron chi connectivity index (χ0n) is 9.09. The van der Waals surface area contributed by atoms with Crippen LogP contribution in [0.1, 0.15) is 30.4 Å². The fourth-order valence-corrected chi connectivity index (χ4v) is 2.37. The van der Waals surface area contributed by atoms with Gasteiger partial charge in [0.1, 0.15) is 0 Å². The van der Waals surface area contributed by atoms with Crippen LogP contribution in [0.4, 0.5) is 0 Å². The van der Waals surface area contributed by atoms with Crippen LogP contribution in [-0.4, -0.2) is 13.1 Å². The van der Waals surface area contributed by atoms with Gasteiger partial charge >= 0.3 is 0 Å². The van der Waals surface area contributed by atoms with Gasteiger partial charge in [-0.25, -0.2) is 0 Å². The summed E-state index contributed by atoms with van der Waals surface area (Å²) in [6.45, 7) is 6.78. The van der Waals surface area contributed by atoms with Crippen LogP contribution >= 0.6 is 0 Å². The van der Waals surface area contributed by atoms with E-state index in [-0.39, 0.29) is 0 Å². The lowest BCUT2D eigenvalue weighted by Gasteiger charge is -2.17. The van der Waals surface area contributed by atoms with Gasteiger partial charge in [-0.3, -0.25) is 0 Å². The minimum absolute atomic E-state index is 0.737. The molecule has 1 aliphatic heterocycles. The van der Waals surface area contributed by atoms with Crippen molar-refractivity contribution in [3.63, 3.8) is 0 Å². The molecule has 0 aromatic heterocycles. The first-order chi connectivity index (χ1) is 6.81. The first-order valence-corrected chi connectivity index (χ1v) is 5.58. The molecule has 1 nitrogen and oxygen atoms in total. The second kappa shape index (κ2) is 4.14. The van der Waals surface area contributed by atoms with Crippen LogP contribution in [0.15, 0.2) is 24.3 Å². The van der Waals surface area contributed by atoms with Crippen LogP contribution in [0.5, 0.6) is 0 Å². The van der Waals surface area contributed by atoms with E-state index < -0.39 is 0 Å². The molecule has 0 amide bonds. The summed E-state index contributed by atoms with van der Waals surface area (Å²) in [5.41, 5.74) is 2.86. The van der Waals surface area contributed by atoms with E-state index in [1.807, 2.05) is 0 Å². The molecule has 1 fully saturated rings. The quantitative estimate of drug-likeness (QED) is 0.754. The Labute approximate surface area is 86.5 Å². The van der Waals surface area contributed by atoms with E-state index in [2.05, 4.69) is 43.4 Å². The Morgan fingerprint density at radius 3 is 2.57 bits per heavy atom. The van der Waals surface area contributed by atoms with Gasteiger partial charge in [-0.05, 0) is 24.9 Å². The van der Waals surface area contributed by atoms with E-state index in [1.54, 1.807) is 0 Å². The molecule has 1 heterocycles. The van der Waals surface area contributed by atoms with Gasteiger partial charge in [-0.2, -0.15) is 0 Å². The van der Waals surface area contributed by atoms with Gasteiger partial charge in [0, 0.05) is 12.5 Å². The van der Waals surface area contributed by atoms with Crippen molar-refractivity contribution in [2.75, 3.05) is 13.1 Å². The summed E-state index contributed by atoms with van der Waals surface area (Å²) in [6.07, 6.45) is 1.28. The standard InChI is InChI=1S/C13H19N/c1-3-11-8-14-9-13(11)12-6-4-10(2)5-7-12/h4-7,11,13-14H,3,8-9H2,1-2H3/t11-,13+/m0/s1. The summed E-state index contributed by atoms with van der Waals surface area (Å²) in [5.74, 6) is 1.57.